The molecule has 112 valence electrons. The van der Waals surface area contributed by atoms with Crippen LogP contribution in [-0.4, -0.2) is 24.4 Å². The van der Waals surface area contributed by atoms with Crippen LogP contribution in [0.3, 0.4) is 0 Å². The van der Waals surface area contributed by atoms with E-state index in [2.05, 4.69) is 12.2 Å². The van der Waals surface area contributed by atoms with E-state index < -0.39 is 11.9 Å². The lowest BCUT2D eigenvalue weighted by atomic mass is 9.94. The minimum Gasteiger partial charge on any atom is -0.368 e. The highest BCUT2D eigenvalue weighted by molar-refractivity contribution is 5.86. The maximum atomic E-state index is 11.8. The monoisotopic (exact) mass is 271 g/mol. The molecule has 0 saturated carbocycles. The van der Waals surface area contributed by atoms with Gasteiger partial charge in [-0.05, 0) is 31.2 Å². The normalized spacial score (nSPS) is 14.2. The van der Waals surface area contributed by atoms with Crippen LogP contribution in [0.4, 0.5) is 0 Å². The van der Waals surface area contributed by atoms with Crippen molar-refractivity contribution in [1.82, 2.24) is 5.32 Å². The Kier molecular flexibility index (Phi) is 9.21. The van der Waals surface area contributed by atoms with Crippen molar-refractivity contribution in [3.05, 3.63) is 0 Å². The number of carbonyl (C=O) groups excluding carboxylic acids is 2. The van der Waals surface area contributed by atoms with Crippen LogP contribution < -0.4 is 16.8 Å². The van der Waals surface area contributed by atoms with E-state index in [0.717, 1.165) is 25.7 Å². The molecule has 5 nitrogen and oxygen atoms in total. The first kappa shape index (κ1) is 17.9. The molecule has 5 N–H and O–H groups in total. The highest BCUT2D eigenvalue weighted by atomic mass is 16.2. The Morgan fingerprint density at radius 2 is 1.79 bits per heavy atom. The second-order valence-corrected chi connectivity index (χ2v) is 5.46. The lowest BCUT2D eigenvalue weighted by Gasteiger charge is -2.20. The number of hydrogen-bond acceptors (Lipinski definition) is 3. The molecule has 5 heteroatoms. The van der Waals surface area contributed by atoms with E-state index in [0.29, 0.717) is 18.9 Å². The van der Waals surface area contributed by atoms with Gasteiger partial charge in [-0.25, -0.2) is 0 Å². The van der Waals surface area contributed by atoms with Crippen LogP contribution in [-0.2, 0) is 9.59 Å². The fraction of sp³-hybridized carbons (Fsp3) is 0.857. The molecule has 0 aliphatic carbocycles. The summed E-state index contributed by atoms with van der Waals surface area (Å²) in [5.74, 6) is -0.0743. The molecule has 2 unspecified atom stereocenters. The van der Waals surface area contributed by atoms with Gasteiger partial charge in [-0.1, -0.05) is 33.6 Å². The zero-order valence-electron chi connectivity index (χ0n) is 12.4. The van der Waals surface area contributed by atoms with Gasteiger partial charge in [-0.2, -0.15) is 0 Å². The van der Waals surface area contributed by atoms with Gasteiger partial charge in [-0.15, -0.1) is 0 Å². The molecule has 0 rings (SSSR count). The van der Waals surface area contributed by atoms with Crippen LogP contribution in [0.15, 0.2) is 0 Å². The van der Waals surface area contributed by atoms with Gasteiger partial charge in [-0.3, -0.25) is 9.59 Å². The average molecular weight is 271 g/mol. The molecule has 0 aromatic heterocycles. The summed E-state index contributed by atoms with van der Waals surface area (Å²) in [6, 6.07) is -0.577. The number of carbonyl (C=O) groups is 2. The van der Waals surface area contributed by atoms with E-state index in [9.17, 15) is 9.59 Å². The Hall–Kier alpha value is -1.10. The third-order valence-corrected chi connectivity index (χ3v) is 3.34. The number of hydrogen-bond donors (Lipinski definition) is 3. The summed E-state index contributed by atoms with van der Waals surface area (Å²) in [5, 5.41) is 2.71. The van der Waals surface area contributed by atoms with E-state index in [1.54, 1.807) is 0 Å². The molecule has 0 aliphatic rings. The smallest absolute Gasteiger partial charge is 0.240 e. The maximum Gasteiger partial charge on any atom is 0.240 e. The third kappa shape index (κ3) is 7.82. The van der Waals surface area contributed by atoms with Crippen LogP contribution in [0.2, 0.25) is 0 Å². The number of rotatable bonds is 10. The second-order valence-electron chi connectivity index (χ2n) is 5.46. The lowest BCUT2D eigenvalue weighted by Crippen LogP contribution is -2.47. The van der Waals surface area contributed by atoms with Gasteiger partial charge in [0.1, 0.15) is 6.04 Å². The Morgan fingerprint density at radius 1 is 1.16 bits per heavy atom. The number of nitrogens with one attached hydrogen (secondary N) is 1. The molecule has 0 bridgehead atoms. The van der Waals surface area contributed by atoms with Gasteiger partial charge in [0.05, 0.1) is 0 Å². The van der Waals surface area contributed by atoms with Gasteiger partial charge in [0.25, 0.3) is 0 Å². The molecular formula is C14H29N3O2. The number of nitrogens with two attached hydrogens (primary N) is 2. The molecule has 0 fully saturated rings. The molecule has 0 heterocycles. The van der Waals surface area contributed by atoms with Crippen molar-refractivity contribution in [2.75, 3.05) is 6.54 Å². The van der Waals surface area contributed by atoms with Crippen molar-refractivity contribution in [1.29, 1.82) is 0 Å². The minimum atomic E-state index is -0.577. The lowest BCUT2D eigenvalue weighted by molar-refractivity contribution is -0.128. The fourth-order valence-electron chi connectivity index (χ4n) is 2.22. The average Bonchev–Trinajstić information content (AvgIpc) is 2.32. The van der Waals surface area contributed by atoms with Gasteiger partial charge in [0.15, 0.2) is 0 Å². The summed E-state index contributed by atoms with van der Waals surface area (Å²) in [7, 11) is 0. The van der Waals surface area contributed by atoms with Crippen molar-refractivity contribution in [2.45, 2.75) is 58.9 Å². The summed E-state index contributed by atoms with van der Waals surface area (Å²) < 4.78 is 0. The SMILES string of the molecule is CCCC(CCN)CCC(=O)NC(C(N)=O)C(C)C. The highest BCUT2D eigenvalue weighted by Gasteiger charge is 2.21. The number of primary amides is 1. The van der Waals surface area contributed by atoms with E-state index in [1.807, 2.05) is 13.8 Å². The van der Waals surface area contributed by atoms with Crippen molar-refractivity contribution in [2.24, 2.45) is 23.3 Å². The molecule has 0 spiro atoms. The van der Waals surface area contributed by atoms with Gasteiger partial charge >= 0.3 is 0 Å². The third-order valence-electron chi connectivity index (χ3n) is 3.34. The predicted octanol–water partition coefficient (Wildman–Crippen LogP) is 1.16. The zero-order chi connectivity index (χ0) is 14.8. The molecule has 0 aromatic carbocycles. The number of amides is 2. The van der Waals surface area contributed by atoms with Crippen LogP contribution >= 0.6 is 0 Å². The van der Waals surface area contributed by atoms with Crippen LogP contribution in [0.5, 0.6) is 0 Å². The molecule has 2 amide bonds. The molecule has 0 aliphatic heterocycles. The fourth-order valence-corrected chi connectivity index (χ4v) is 2.22. The summed E-state index contributed by atoms with van der Waals surface area (Å²) in [5.41, 5.74) is 10.8. The Balaban J connectivity index is 4.18. The molecule has 2 atom stereocenters. The largest absolute Gasteiger partial charge is 0.368 e. The summed E-state index contributed by atoms with van der Waals surface area (Å²) in [6.45, 7) is 6.52. The van der Waals surface area contributed by atoms with Crippen LogP contribution in [0.25, 0.3) is 0 Å². The van der Waals surface area contributed by atoms with Crippen molar-refractivity contribution in [3.63, 3.8) is 0 Å². The summed E-state index contributed by atoms with van der Waals surface area (Å²) in [4.78, 5) is 23.0. The van der Waals surface area contributed by atoms with E-state index in [4.69, 9.17) is 11.5 Å². The molecule has 0 radical (unpaired) electrons. The maximum absolute atomic E-state index is 11.8. The first-order valence-electron chi connectivity index (χ1n) is 7.21. The topological polar surface area (TPSA) is 98.2 Å². The quantitative estimate of drug-likeness (QED) is 0.556. The predicted molar refractivity (Wildman–Crippen MR) is 77.3 cm³/mol. The highest BCUT2D eigenvalue weighted by Crippen LogP contribution is 2.17. The van der Waals surface area contributed by atoms with Gasteiger partial charge < -0.3 is 16.8 Å². The minimum absolute atomic E-state index is 0.0110. The molecule has 0 aromatic rings. The summed E-state index contributed by atoms with van der Waals surface area (Å²) >= 11 is 0. The van der Waals surface area contributed by atoms with Crippen molar-refractivity contribution >= 4 is 11.8 Å². The Labute approximate surface area is 116 Å². The van der Waals surface area contributed by atoms with E-state index in [-0.39, 0.29) is 11.8 Å². The van der Waals surface area contributed by atoms with Crippen LogP contribution in [0, 0.1) is 11.8 Å². The van der Waals surface area contributed by atoms with E-state index >= 15 is 0 Å². The second kappa shape index (κ2) is 9.78. The van der Waals surface area contributed by atoms with Gasteiger partial charge in [0, 0.05) is 6.42 Å². The van der Waals surface area contributed by atoms with E-state index in [1.165, 1.54) is 0 Å². The van der Waals surface area contributed by atoms with Gasteiger partial charge in [0.2, 0.25) is 11.8 Å². The molecular weight excluding hydrogens is 242 g/mol. The zero-order valence-corrected chi connectivity index (χ0v) is 12.4. The Bertz CT molecular complexity index is 274. The summed E-state index contributed by atoms with van der Waals surface area (Å²) in [6.07, 6.45) is 4.39. The first-order valence-corrected chi connectivity index (χ1v) is 7.21. The standard InChI is InChI=1S/C14H29N3O2/c1-4-5-11(8-9-15)6-7-12(18)17-13(10(2)3)14(16)19/h10-11,13H,4-9,15H2,1-3H3,(H2,16,19)(H,17,18). The molecule has 19 heavy (non-hydrogen) atoms. The van der Waals surface area contributed by atoms with Crippen molar-refractivity contribution in [3.8, 4) is 0 Å². The molecule has 0 saturated heterocycles. The van der Waals surface area contributed by atoms with Crippen molar-refractivity contribution < 1.29 is 9.59 Å². The Morgan fingerprint density at radius 3 is 2.21 bits per heavy atom. The first-order chi connectivity index (χ1) is 8.92. The van der Waals surface area contributed by atoms with Crippen LogP contribution in [0.1, 0.15) is 52.9 Å².